The minimum atomic E-state index is -2.40. The smallest absolute Gasteiger partial charge is 0.224 e. The van der Waals surface area contributed by atoms with Crippen molar-refractivity contribution in [1.29, 1.82) is 0 Å². The summed E-state index contributed by atoms with van der Waals surface area (Å²) in [6.07, 6.45) is -20.0. The summed E-state index contributed by atoms with van der Waals surface area (Å²) in [4.78, 5) is 2.42. The van der Waals surface area contributed by atoms with Crippen molar-refractivity contribution >= 4 is 0 Å². The number of ether oxygens (including phenoxy) is 6. The Hall–Kier alpha value is -1.94. The van der Waals surface area contributed by atoms with Crippen LogP contribution in [0.3, 0.4) is 0 Å². The normalized spacial score (nSPS) is 45.7. The van der Waals surface area contributed by atoms with E-state index >= 15 is 0 Å². The molecule has 328 valence electrons. The first kappa shape index (κ1) is 45.6. The Morgan fingerprint density at radius 2 is 1.31 bits per heavy atom. The van der Waals surface area contributed by atoms with Crippen LogP contribution >= 0.6 is 0 Å². The highest BCUT2D eigenvalue weighted by atomic mass is 16.8. The van der Waals surface area contributed by atoms with Gasteiger partial charge < -0.3 is 84.6 Å². The van der Waals surface area contributed by atoms with E-state index < -0.39 is 118 Å². The summed E-state index contributed by atoms with van der Waals surface area (Å²) >= 11 is 0. The van der Waals surface area contributed by atoms with Crippen molar-refractivity contribution in [3.8, 4) is 11.8 Å². The van der Waals surface area contributed by atoms with Gasteiger partial charge in [0.1, 0.15) is 73.8 Å². The van der Waals surface area contributed by atoms with E-state index in [2.05, 4.69) is 23.7 Å². The minimum Gasteiger partial charge on any atom is -0.394 e. The van der Waals surface area contributed by atoms with Gasteiger partial charge >= 0.3 is 0 Å². The number of likely N-dealkylation sites (tertiary alicyclic amines) is 1. The molecule has 11 N–H and O–H groups in total. The minimum absolute atomic E-state index is 0.0268. The molecule has 0 spiro atoms. The Bertz CT molecular complexity index is 1500. The maximum atomic E-state index is 11.4. The third-order valence-electron chi connectivity index (χ3n) is 12.7. The molecular weight excluding hydrogens is 766 g/mol. The first-order chi connectivity index (χ1) is 27.7. The summed E-state index contributed by atoms with van der Waals surface area (Å²) in [6, 6.07) is 9.67. The van der Waals surface area contributed by atoms with E-state index in [-0.39, 0.29) is 30.4 Å². The third kappa shape index (κ3) is 9.58. The second kappa shape index (κ2) is 19.8. The van der Waals surface area contributed by atoms with Crippen molar-refractivity contribution in [3.63, 3.8) is 0 Å². The fourth-order valence-corrected chi connectivity index (χ4v) is 8.81. The van der Waals surface area contributed by atoms with E-state index in [1.54, 1.807) is 0 Å². The van der Waals surface area contributed by atoms with Crippen LogP contribution < -0.4 is 0 Å². The SMILES string of the molecule is C[C@@H]1[C@H](C)[C@@H](O)[C@@H](OC[C@H]2O[C@H](OC[C@H]3O[C@H](O[C@]4(CO)O[C@H](CO)[C@@H](O)[C@@H]4O)[C@H](O)[C@@H](O)[C@@H]3O)[C@H](O)[C@@H](O)[C@H]2O)C[C@@H]1C(C#Cc1ccccc1)N1CCCCC1. The first-order valence-electron chi connectivity index (χ1n) is 20.3. The molecule has 0 bridgehead atoms. The number of hydrogen-bond acceptors (Lipinski definition) is 18. The molecule has 20 atom stereocenters. The van der Waals surface area contributed by atoms with Gasteiger partial charge in [-0.15, -0.1) is 0 Å². The largest absolute Gasteiger partial charge is 0.394 e. The van der Waals surface area contributed by atoms with Crippen molar-refractivity contribution in [2.75, 3.05) is 39.5 Å². The number of hydrogen-bond donors (Lipinski definition) is 11. The number of benzene rings is 1. The standard InChI is InChI=1S/C40H61NO17/c1-20-21(2)29(44)25(15-23(20)24(41-13-7-4-8-14-41)12-11-22-9-5-3-6-10-22)53-17-27-30(45)33(48)35(50)38(55-27)54-18-28-31(46)34(49)36(51)39(56-28)58-40(19-43)37(52)32(47)26(16-42)57-40/h3,5-6,9-10,20-21,23-39,42-52H,4,7-8,13-19H2,1-2H3/t20-,21+,23+,24?,25+,26-,27-,28-,29-,30+,31-,32-,33+,34+,35-,36-,37+,38+,39-,40+/m1/s1. The van der Waals surface area contributed by atoms with Crippen LogP contribution in [-0.4, -0.2) is 204 Å². The lowest BCUT2D eigenvalue weighted by Crippen LogP contribution is -2.63. The van der Waals surface area contributed by atoms with Gasteiger partial charge in [-0.05, 0) is 62.2 Å². The Labute approximate surface area is 337 Å². The molecule has 1 aliphatic carbocycles. The van der Waals surface area contributed by atoms with Crippen LogP contribution in [0, 0.1) is 29.6 Å². The van der Waals surface area contributed by atoms with Gasteiger partial charge in [-0.25, -0.2) is 0 Å². The Morgan fingerprint density at radius 1 is 0.707 bits per heavy atom. The number of aliphatic hydroxyl groups excluding tert-OH is 11. The Kier molecular flexibility index (Phi) is 15.6. The number of rotatable bonds is 12. The maximum Gasteiger partial charge on any atom is 0.224 e. The van der Waals surface area contributed by atoms with Crippen LogP contribution in [0.4, 0.5) is 0 Å². The molecule has 5 aliphatic rings. The van der Waals surface area contributed by atoms with E-state index in [0.29, 0.717) is 6.42 Å². The highest BCUT2D eigenvalue weighted by Crippen LogP contribution is 2.41. The fraction of sp³-hybridized carbons (Fsp3) is 0.800. The van der Waals surface area contributed by atoms with Gasteiger partial charge in [0.2, 0.25) is 5.79 Å². The van der Waals surface area contributed by atoms with Gasteiger partial charge in [-0.3, -0.25) is 4.90 Å². The summed E-state index contributed by atoms with van der Waals surface area (Å²) in [5.41, 5.74) is 0.910. The molecule has 58 heavy (non-hydrogen) atoms. The second-order valence-corrected chi connectivity index (χ2v) is 16.4. The molecule has 4 saturated heterocycles. The average Bonchev–Trinajstić information content (AvgIpc) is 3.48. The zero-order chi connectivity index (χ0) is 41.9. The van der Waals surface area contributed by atoms with Crippen molar-refractivity contribution in [1.82, 2.24) is 4.90 Å². The maximum absolute atomic E-state index is 11.4. The zero-order valence-corrected chi connectivity index (χ0v) is 32.7. The third-order valence-corrected chi connectivity index (χ3v) is 12.7. The summed E-state index contributed by atoms with van der Waals surface area (Å²) in [6.45, 7) is 3.14. The molecule has 4 aliphatic heterocycles. The number of aliphatic hydroxyl groups is 11. The first-order valence-corrected chi connectivity index (χ1v) is 20.3. The molecular formula is C40H61NO17. The summed E-state index contributed by atoms with van der Waals surface area (Å²) < 4.78 is 34.4. The van der Waals surface area contributed by atoms with E-state index in [1.807, 2.05) is 37.3 Å². The molecule has 5 fully saturated rings. The highest BCUT2D eigenvalue weighted by molar-refractivity contribution is 5.35. The number of nitrogens with zero attached hydrogens (tertiary/aromatic N) is 1. The lowest BCUT2D eigenvalue weighted by molar-refractivity contribution is -0.388. The van der Waals surface area contributed by atoms with Crippen molar-refractivity contribution in [2.45, 2.75) is 143 Å². The van der Waals surface area contributed by atoms with E-state index in [0.717, 1.165) is 37.9 Å². The predicted molar refractivity (Wildman–Crippen MR) is 199 cm³/mol. The molecule has 18 nitrogen and oxygen atoms in total. The van der Waals surface area contributed by atoms with Crippen LogP contribution in [0.25, 0.3) is 0 Å². The Balaban J connectivity index is 1.11. The molecule has 1 aromatic carbocycles. The van der Waals surface area contributed by atoms with Gasteiger partial charge in [0.05, 0.1) is 38.1 Å². The molecule has 1 saturated carbocycles. The van der Waals surface area contributed by atoms with E-state index in [9.17, 15) is 56.2 Å². The molecule has 1 aromatic rings. The van der Waals surface area contributed by atoms with Gasteiger partial charge in [-0.2, -0.15) is 0 Å². The van der Waals surface area contributed by atoms with Crippen molar-refractivity contribution in [2.24, 2.45) is 17.8 Å². The van der Waals surface area contributed by atoms with Crippen LogP contribution in [0.5, 0.6) is 0 Å². The quantitative estimate of drug-likeness (QED) is 0.0908. The summed E-state index contributed by atoms with van der Waals surface area (Å²) in [5, 5.41) is 116. The molecule has 18 heteroatoms. The zero-order valence-electron chi connectivity index (χ0n) is 32.7. The molecule has 4 heterocycles. The van der Waals surface area contributed by atoms with Gasteiger partial charge in [0.25, 0.3) is 0 Å². The fourth-order valence-electron chi connectivity index (χ4n) is 8.81. The second-order valence-electron chi connectivity index (χ2n) is 16.4. The summed E-state index contributed by atoms with van der Waals surface area (Å²) in [5.74, 6) is 4.47. The molecule has 0 aromatic heterocycles. The van der Waals surface area contributed by atoms with E-state index in [1.165, 1.54) is 0 Å². The lowest BCUT2D eigenvalue weighted by atomic mass is 9.67. The average molecular weight is 828 g/mol. The van der Waals surface area contributed by atoms with Gasteiger partial charge in [-0.1, -0.05) is 50.3 Å². The topological polar surface area (TPSA) is 281 Å². The molecule has 1 unspecified atom stereocenters. The van der Waals surface area contributed by atoms with Crippen molar-refractivity contribution < 1.29 is 84.6 Å². The lowest BCUT2D eigenvalue weighted by Gasteiger charge is -2.48. The van der Waals surface area contributed by atoms with Crippen LogP contribution in [-0.2, 0) is 28.4 Å². The van der Waals surface area contributed by atoms with Gasteiger partial charge in [0.15, 0.2) is 12.6 Å². The highest BCUT2D eigenvalue weighted by Gasteiger charge is 2.58. The van der Waals surface area contributed by atoms with Crippen LogP contribution in [0.2, 0.25) is 0 Å². The number of piperidine rings is 1. The molecule has 0 radical (unpaired) electrons. The van der Waals surface area contributed by atoms with Crippen molar-refractivity contribution in [3.05, 3.63) is 35.9 Å². The van der Waals surface area contributed by atoms with E-state index in [4.69, 9.17) is 28.4 Å². The molecule has 6 rings (SSSR count). The van der Waals surface area contributed by atoms with Crippen LogP contribution in [0.15, 0.2) is 30.3 Å². The Morgan fingerprint density at radius 3 is 1.91 bits per heavy atom. The van der Waals surface area contributed by atoms with Gasteiger partial charge in [0, 0.05) is 5.56 Å². The monoisotopic (exact) mass is 827 g/mol. The predicted octanol–water partition coefficient (Wildman–Crippen LogP) is -3.62. The summed E-state index contributed by atoms with van der Waals surface area (Å²) in [7, 11) is 0. The van der Waals surface area contributed by atoms with Crippen LogP contribution in [0.1, 0.15) is 45.1 Å². The molecule has 0 amide bonds.